The van der Waals surface area contributed by atoms with E-state index >= 15 is 0 Å². The van der Waals surface area contributed by atoms with Crippen LogP contribution in [0.15, 0.2) is 30.6 Å². The summed E-state index contributed by atoms with van der Waals surface area (Å²) in [5, 5.41) is 7.02. The van der Waals surface area contributed by atoms with Gasteiger partial charge in [-0.05, 0) is 38.0 Å². The van der Waals surface area contributed by atoms with Crippen LogP contribution in [0.1, 0.15) is 49.3 Å². The Balaban J connectivity index is 1.72. The highest BCUT2D eigenvalue weighted by atomic mass is 32.2. The highest BCUT2D eigenvalue weighted by Gasteiger charge is 2.34. The molecule has 1 aromatic carbocycles. The second-order valence-corrected chi connectivity index (χ2v) is 10.1. The average molecular weight is 479 g/mol. The largest absolute Gasteiger partial charge is 0.381 e. The predicted molar refractivity (Wildman–Crippen MR) is 117 cm³/mol. The van der Waals surface area contributed by atoms with E-state index in [1.54, 1.807) is 19.3 Å². The molecule has 0 amide bonds. The van der Waals surface area contributed by atoms with Crippen LogP contribution in [0.2, 0.25) is 0 Å². The van der Waals surface area contributed by atoms with Gasteiger partial charge in [0.1, 0.15) is 29.0 Å². The molecule has 0 bridgehead atoms. The van der Waals surface area contributed by atoms with Gasteiger partial charge in [-0.2, -0.15) is 0 Å². The van der Waals surface area contributed by atoms with Crippen molar-refractivity contribution in [2.45, 2.75) is 44.3 Å². The highest BCUT2D eigenvalue weighted by Crippen LogP contribution is 2.32. The molecular weight excluding hydrogens is 454 g/mol. The summed E-state index contributed by atoms with van der Waals surface area (Å²) in [6, 6.07) is 3.40. The van der Waals surface area contributed by atoms with Crippen molar-refractivity contribution < 1.29 is 21.9 Å². The van der Waals surface area contributed by atoms with Gasteiger partial charge >= 0.3 is 0 Å². The average Bonchev–Trinajstić information content (AvgIpc) is 3.43. The second-order valence-electron chi connectivity index (χ2n) is 8.11. The van der Waals surface area contributed by atoms with Crippen molar-refractivity contribution in [2.75, 3.05) is 17.9 Å². The van der Waals surface area contributed by atoms with Crippen LogP contribution in [0, 0.1) is 18.6 Å². The highest BCUT2D eigenvalue weighted by molar-refractivity contribution is 7.93. The first-order valence-electron chi connectivity index (χ1n) is 10.5. The minimum Gasteiger partial charge on any atom is -0.381 e. The van der Waals surface area contributed by atoms with Gasteiger partial charge in [0.25, 0.3) is 0 Å². The molecule has 2 aromatic heterocycles. The van der Waals surface area contributed by atoms with E-state index in [1.165, 1.54) is 13.0 Å². The Labute approximate surface area is 190 Å². The molecule has 1 aliphatic heterocycles. The van der Waals surface area contributed by atoms with E-state index in [0.29, 0.717) is 25.5 Å². The smallest absolute Gasteiger partial charge is 0.243 e. The van der Waals surface area contributed by atoms with Gasteiger partial charge in [0.05, 0.1) is 11.9 Å². The number of anilines is 1. The van der Waals surface area contributed by atoms with Gasteiger partial charge in [-0.1, -0.05) is 13.0 Å². The molecule has 0 unspecified atom stereocenters. The maximum absolute atomic E-state index is 14.7. The summed E-state index contributed by atoms with van der Waals surface area (Å²) in [5.74, 6) is -2.31. The summed E-state index contributed by atoms with van der Waals surface area (Å²) < 4.78 is 64.6. The molecule has 1 fully saturated rings. The van der Waals surface area contributed by atoms with Gasteiger partial charge in [-0.15, -0.1) is 10.2 Å². The van der Waals surface area contributed by atoms with Crippen LogP contribution in [-0.2, 0) is 14.8 Å². The predicted octanol–water partition coefficient (Wildman–Crippen LogP) is 3.08. The fourth-order valence-corrected chi connectivity index (χ4v) is 4.86. The fourth-order valence-electron chi connectivity index (χ4n) is 3.62. The fraction of sp³-hybridized carbons (Fsp3) is 0.429. The van der Waals surface area contributed by atoms with Crippen LogP contribution < -0.4 is 4.72 Å². The zero-order valence-corrected chi connectivity index (χ0v) is 19.2. The van der Waals surface area contributed by atoms with Crippen molar-refractivity contribution in [3.8, 4) is 5.69 Å². The Bertz CT molecular complexity index is 1220. The Kier molecular flexibility index (Phi) is 6.39. The van der Waals surface area contributed by atoms with Gasteiger partial charge in [0, 0.05) is 30.8 Å². The van der Waals surface area contributed by atoms with Crippen molar-refractivity contribution in [1.82, 2.24) is 24.7 Å². The third kappa shape index (κ3) is 4.58. The lowest BCUT2D eigenvalue weighted by Gasteiger charge is -2.21. The van der Waals surface area contributed by atoms with Crippen LogP contribution in [-0.4, -0.2) is 51.6 Å². The number of nitrogens with zero attached hydrogens (tertiary/aromatic N) is 5. The number of hydrogen-bond donors (Lipinski definition) is 1. The van der Waals surface area contributed by atoms with E-state index in [2.05, 4.69) is 24.9 Å². The molecule has 0 spiro atoms. The van der Waals surface area contributed by atoms with E-state index in [9.17, 15) is 17.2 Å². The van der Waals surface area contributed by atoms with Gasteiger partial charge < -0.3 is 4.74 Å². The van der Waals surface area contributed by atoms with Crippen molar-refractivity contribution in [3.05, 3.63) is 59.4 Å². The van der Waals surface area contributed by atoms with Gasteiger partial charge in [0.15, 0.2) is 0 Å². The number of hydrogen-bond acceptors (Lipinski definition) is 7. The molecule has 176 valence electrons. The molecule has 3 atom stereocenters. The summed E-state index contributed by atoms with van der Waals surface area (Å²) in [7, 11) is -4.07. The SMILES string of the molecule is Cc1cnc([C@@H](C)[C@H](C)S(=O)(=O)Nc2nnc([C@H]3CCOC3)n2-c2c(F)cccc2F)nc1. The first kappa shape index (κ1) is 23.2. The Hall–Kier alpha value is -2.99. The number of ether oxygens (including phenoxy) is 1. The van der Waals surface area contributed by atoms with Crippen LogP contribution in [0.4, 0.5) is 14.7 Å². The van der Waals surface area contributed by atoms with Crippen molar-refractivity contribution >= 4 is 16.0 Å². The van der Waals surface area contributed by atoms with E-state index in [1.807, 2.05) is 6.92 Å². The third-order valence-corrected chi connectivity index (χ3v) is 7.63. The Morgan fingerprint density at radius 1 is 1.15 bits per heavy atom. The van der Waals surface area contributed by atoms with Crippen LogP contribution in [0.25, 0.3) is 5.69 Å². The van der Waals surface area contributed by atoms with Crippen molar-refractivity contribution in [3.63, 3.8) is 0 Å². The lowest BCUT2D eigenvalue weighted by molar-refractivity contribution is 0.193. The van der Waals surface area contributed by atoms with Gasteiger partial charge in [-0.3, -0.25) is 9.29 Å². The lowest BCUT2D eigenvalue weighted by Crippen LogP contribution is -2.31. The summed E-state index contributed by atoms with van der Waals surface area (Å²) >= 11 is 0. The number of para-hydroxylation sites is 1. The topological polar surface area (TPSA) is 112 Å². The summed E-state index contributed by atoms with van der Waals surface area (Å²) in [4.78, 5) is 8.43. The quantitative estimate of drug-likeness (QED) is 0.555. The van der Waals surface area contributed by atoms with E-state index in [-0.39, 0.29) is 17.7 Å². The monoisotopic (exact) mass is 478 g/mol. The van der Waals surface area contributed by atoms with E-state index in [0.717, 1.165) is 22.3 Å². The molecule has 1 saturated heterocycles. The lowest BCUT2D eigenvalue weighted by atomic mass is 10.1. The van der Waals surface area contributed by atoms with Crippen LogP contribution >= 0.6 is 0 Å². The van der Waals surface area contributed by atoms with Gasteiger partial charge in [-0.25, -0.2) is 27.2 Å². The number of sulfonamides is 1. The molecule has 0 aliphatic carbocycles. The number of aryl methyl sites for hydroxylation is 1. The minimum absolute atomic E-state index is 0.219. The molecule has 33 heavy (non-hydrogen) atoms. The molecule has 3 aromatic rings. The molecule has 3 heterocycles. The zero-order chi connectivity index (χ0) is 23.8. The maximum Gasteiger partial charge on any atom is 0.243 e. The standard InChI is InChI=1S/C21H24F2N6O3S/c1-12-9-24-19(25-10-12)13(2)14(3)33(30,31)28-21-27-26-20(15-7-8-32-11-15)29(21)18-16(22)5-4-6-17(18)23/h4-6,9-10,13-15H,7-8,11H2,1-3H3,(H,27,28)/t13-,14-,15-/m0/s1. The number of benzene rings is 1. The second kappa shape index (κ2) is 9.10. The summed E-state index contributed by atoms with van der Waals surface area (Å²) in [6.45, 7) is 5.78. The molecule has 9 nitrogen and oxygen atoms in total. The maximum atomic E-state index is 14.7. The van der Waals surface area contributed by atoms with E-state index in [4.69, 9.17) is 4.74 Å². The zero-order valence-electron chi connectivity index (χ0n) is 18.4. The van der Waals surface area contributed by atoms with E-state index < -0.39 is 38.5 Å². The number of aromatic nitrogens is 5. The molecule has 0 radical (unpaired) electrons. The molecular formula is C21H24F2N6O3S. The molecule has 1 aliphatic rings. The number of rotatable bonds is 7. The first-order chi connectivity index (χ1) is 15.7. The Morgan fingerprint density at radius 3 is 2.42 bits per heavy atom. The summed E-state index contributed by atoms with van der Waals surface area (Å²) in [5.41, 5.74) is 0.396. The van der Waals surface area contributed by atoms with Crippen LogP contribution in [0.3, 0.4) is 0 Å². The summed E-state index contributed by atoms with van der Waals surface area (Å²) in [6.07, 6.45) is 3.79. The number of halogens is 2. The normalized spacial score (nSPS) is 18.3. The van der Waals surface area contributed by atoms with Crippen molar-refractivity contribution in [1.29, 1.82) is 0 Å². The molecule has 1 N–H and O–H groups in total. The van der Waals surface area contributed by atoms with Crippen LogP contribution in [0.5, 0.6) is 0 Å². The minimum atomic E-state index is -4.07. The third-order valence-electron chi connectivity index (χ3n) is 5.78. The van der Waals surface area contributed by atoms with Crippen molar-refractivity contribution in [2.24, 2.45) is 0 Å². The number of nitrogens with one attached hydrogen (secondary N) is 1. The molecule has 4 rings (SSSR count). The Morgan fingerprint density at radius 2 is 1.82 bits per heavy atom. The molecule has 0 saturated carbocycles. The molecule has 12 heteroatoms. The van der Waals surface area contributed by atoms with Gasteiger partial charge in [0.2, 0.25) is 16.0 Å². The first-order valence-corrected chi connectivity index (χ1v) is 12.0.